The molecule has 0 spiro atoms. The average molecular weight is 358 g/mol. The number of carbonyl (C=O) groups excluding carboxylic acids is 1. The van der Waals surface area contributed by atoms with Crippen molar-refractivity contribution < 1.29 is 4.79 Å². The third kappa shape index (κ3) is 5.50. The Morgan fingerprint density at radius 1 is 0.955 bits per heavy atom. The summed E-state index contributed by atoms with van der Waals surface area (Å²) < 4.78 is 0. The molecule has 0 heterocycles. The number of carbonyl (C=O) groups is 1. The topological polar surface area (TPSA) is 41.1 Å². The van der Waals surface area contributed by atoms with Crippen molar-refractivity contribution in [2.45, 2.75) is 6.42 Å². The maximum atomic E-state index is 11.8. The van der Waals surface area contributed by atoms with Crippen LogP contribution in [-0.2, 0) is 11.2 Å². The highest BCUT2D eigenvalue weighted by Crippen LogP contribution is 2.25. The summed E-state index contributed by atoms with van der Waals surface area (Å²) in [6.45, 7) is 0.898. The van der Waals surface area contributed by atoms with Gasteiger partial charge >= 0.3 is 0 Å². The fraction of sp³-hybridized carbons (Fsp3) is 0.188. The van der Waals surface area contributed by atoms with Crippen LogP contribution in [0.2, 0.25) is 15.1 Å². The standard InChI is InChI=1S/C16H15Cl3N2O/c17-12-3-1-11(2-4-12)7-8-20-10-16(22)21-15-9-13(18)5-6-14(15)19/h1-6,9,20H,7-8,10H2,(H,21,22). The number of hydrogen-bond donors (Lipinski definition) is 2. The van der Waals surface area contributed by atoms with E-state index in [1.54, 1.807) is 18.2 Å². The van der Waals surface area contributed by atoms with Gasteiger partial charge in [-0.05, 0) is 48.9 Å². The minimum atomic E-state index is -0.166. The lowest BCUT2D eigenvalue weighted by Crippen LogP contribution is -2.29. The van der Waals surface area contributed by atoms with Crippen LogP contribution in [-0.4, -0.2) is 19.0 Å². The maximum absolute atomic E-state index is 11.8. The zero-order valence-electron chi connectivity index (χ0n) is 11.7. The molecule has 116 valence electrons. The molecule has 0 saturated heterocycles. The number of hydrogen-bond acceptors (Lipinski definition) is 2. The minimum absolute atomic E-state index is 0.166. The summed E-state index contributed by atoms with van der Waals surface area (Å²) in [4.78, 5) is 11.8. The molecule has 0 aliphatic rings. The van der Waals surface area contributed by atoms with Crippen LogP contribution >= 0.6 is 34.8 Å². The SMILES string of the molecule is O=C(CNCCc1ccc(Cl)cc1)Nc1cc(Cl)ccc1Cl. The van der Waals surface area contributed by atoms with Crippen LogP contribution in [0, 0.1) is 0 Å². The Kier molecular flexibility index (Phi) is 6.52. The molecule has 0 aromatic heterocycles. The van der Waals surface area contributed by atoms with Crippen molar-refractivity contribution in [3.05, 3.63) is 63.1 Å². The summed E-state index contributed by atoms with van der Waals surface area (Å²) >= 11 is 17.7. The highest BCUT2D eigenvalue weighted by molar-refractivity contribution is 6.35. The lowest BCUT2D eigenvalue weighted by molar-refractivity contribution is -0.115. The van der Waals surface area contributed by atoms with Crippen molar-refractivity contribution in [2.24, 2.45) is 0 Å². The second-order valence-electron chi connectivity index (χ2n) is 4.73. The zero-order chi connectivity index (χ0) is 15.9. The van der Waals surface area contributed by atoms with Crippen LogP contribution in [0.25, 0.3) is 0 Å². The molecule has 0 radical (unpaired) electrons. The van der Waals surface area contributed by atoms with E-state index < -0.39 is 0 Å². The molecule has 2 rings (SSSR count). The second kappa shape index (κ2) is 8.39. The number of rotatable bonds is 6. The summed E-state index contributed by atoms with van der Waals surface area (Å²) in [6, 6.07) is 12.6. The van der Waals surface area contributed by atoms with Gasteiger partial charge in [0.05, 0.1) is 17.3 Å². The summed E-state index contributed by atoms with van der Waals surface area (Å²) in [5.74, 6) is -0.166. The molecular weight excluding hydrogens is 343 g/mol. The van der Waals surface area contributed by atoms with Gasteiger partial charge < -0.3 is 10.6 Å². The molecule has 0 aliphatic heterocycles. The number of halogens is 3. The van der Waals surface area contributed by atoms with E-state index >= 15 is 0 Å². The zero-order valence-corrected chi connectivity index (χ0v) is 14.0. The predicted octanol–water partition coefficient (Wildman–Crippen LogP) is 4.42. The Morgan fingerprint density at radius 3 is 2.36 bits per heavy atom. The van der Waals surface area contributed by atoms with Gasteiger partial charge in [-0.3, -0.25) is 4.79 Å². The molecule has 3 nitrogen and oxygen atoms in total. The van der Waals surface area contributed by atoms with Gasteiger partial charge in [-0.15, -0.1) is 0 Å². The van der Waals surface area contributed by atoms with Gasteiger partial charge in [0, 0.05) is 10.0 Å². The van der Waals surface area contributed by atoms with E-state index in [4.69, 9.17) is 34.8 Å². The number of anilines is 1. The third-order valence-corrected chi connectivity index (χ3v) is 3.81. The Bertz CT molecular complexity index is 644. The lowest BCUT2D eigenvalue weighted by Gasteiger charge is -2.09. The molecule has 1 amide bonds. The van der Waals surface area contributed by atoms with Gasteiger partial charge in [-0.25, -0.2) is 0 Å². The van der Waals surface area contributed by atoms with E-state index in [1.165, 1.54) is 0 Å². The highest BCUT2D eigenvalue weighted by Gasteiger charge is 2.06. The largest absolute Gasteiger partial charge is 0.324 e. The van der Waals surface area contributed by atoms with Gasteiger partial charge in [0.1, 0.15) is 0 Å². The normalized spacial score (nSPS) is 10.5. The van der Waals surface area contributed by atoms with Crippen molar-refractivity contribution in [1.82, 2.24) is 5.32 Å². The van der Waals surface area contributed by atoms with Gasteiger partial charge in [0.2, 0.25) is 5.91 Å². The first-order valence-corrected chi connectivity index (χ1v) is 7.88. The first-order valence-electron chi connectivity index (χ1n) is 6.74. The molecule has 0 saturated carbocycles. The molecule has 0 atom stereocenters. The quantitative estimate of drug-likeness (QED) is 0.752. The van der Waals surface area contributed by atoms with Gasteiger partial charge in [-0.1, -0.05) is 46.9 Å². The Labute approximate surface area is 144 Å². The van der Waals surface area contributed by atoms with Crippen LogP contribution in [0.1, 0.15) is 5.56 Å². The van der Waals surface area contributed by atoms with E-state index in [9.17, 15) is 4.79 Å². The number of amides is 1. The van der Waals surface area contributed by atoms with Crippen molar-refractivity contribution in [2.75, 3.05) is 18.4 Å². The minimum Gasteiger partial charge on any atom is -0.324 e. The maximum Gasteiger partial charge on any atom is 0.238 e. The summed E-state index contributed by atoms with van der Waals surface area (Å²) in [5, 5.41) is 7.50. The molecular formula is C16H15Cl3N2O. The average Bonchev–Trinajstić information content (AvgIpc) is 2.49. The molecule has 6 heteroatoms. The molecule has 2 aromatic carbocycles. The van der Waals surface area contributed by atoms with Gasteiger partial charge in [0.15, 0.2) is 0 Å². The Balaban J connectivity index is 1.74. The van der Waals surface area contributed by atoms with Crippen LogP contribution < -0.4 is 10.6 Å². The highest BCUT2D eigenvalue weighted by atomic mass is 35.5. The van der Waals surface area contributed by atoms with E-state index in [1.807, 2.05) is 24.3 Å². The smallest absolute Gasteiger partial charge is 0.238 e. The van der Waals surface area contributed by atoms with Gasteiger partial charge in [0.25, 0.3) is 0 Å². The molecule has 22 heavy (non-hydrogen) atoms. The Hall–Kier alpha value is -1.26. The van der Waals surface area contributed by atoms with E-state index in [0.717, 1.165) is 17.0 Å². The first kappa shape index (κ1) is 17.1. The van der Waals surface area contributed by atoms with Crippen molar-refractivity contribution in [3.8, 4) is 0 Å². The first-order chi connectivity index (χ1) is 10.5. The fourth-order valence-corrected chi connectivity index (χ4v) is 2.34. The predicted molar refractivity (Wildman–Crippen MR) is 93.1 cm³/mol. The monoisotopic (exact) mass is 356 g/mol. The number of nitrogens with one attached hydrogen (secondary N) is 2. The summed E-state index contributed by atoms with van der Waals surface area (Å²) in [7, 11) is 0. The van der Waals surface area contributed by atoms with Crippen LogP contribution in [0.5, 0.6) is 0 Å². The summed E-state index contributed by atoms with van der Waals surface area (Å²) in [6.07, 6.45) is 0.822. The molecule has 0 fully saturated rings. The fourth-order valence-electron chi connectivity index (χ4n) is 1.87. The Morgan fingerprint density at radius 2 is 1.64 bits per heavy atom. The summed E-state index contributed by atoms with van der Waals surface area (Å²) in [5.41, 5.74) is 1.67. The number of benzene rings is 2. The van der Waals surface area contributed by atoms with Crippen molar-refractivity contribution in [3.63, 3.8) is 0 Å². The van der Waals surface area contributed by atoms with Crippen LogP contribution in [0.3, 0.4) is 0 Å². The second-order valence-corrected chi connectivity index (χ2v) is 6.01. The van der Waals surface area contributed by atoms with E-state index in [-0.39, 0.29) is 12.5 Å². The molecule has 2 N–H and O–H groups in total. The van der Waals surface area contributed by atoms with Crippen molar-refractivity contribution in [1.29, 1.82) is 0 Å². The van der Waals surface area contributed by atoms with E-state index in [0.29, 0.717) is 22.3 Å². The van der Waals surface area contributed by atoms with E-state index in [2.05, 4.69) is 10.6 Å². The van der Waals surface area contributed by atoms with Crippen LogP contribution in [0.15, 0.2) is 42.5 Å². The molecule has 2 aromatic rings. The van der Waals surface area contributed by atoms with Gasteiger partial charge in [-0.2, -0.15) is 0 Å². The lowest BCUT2D eigenvalue weighted by atomic mass is 10.1. The van der Waals surface area contributed by atoms with Crippen molar-refractivity contribution >= 4 is 46.4 Å². The molecule has 0 aliphatic carbocycles. The molecule has 0 bridgehead atoms. The molecule has 0 unspecified atom stereocenters. The third-order valence-electron chi connectivity index (χ3n) is 2.99. The van der Waals surface area contributed by atoms with Crippen LogP contribution in [0.4, 0.5) is 5.69 Å².